The number of carbonyl (C=O) groups excluding carboxylic acids is 1. The van der Waals surface area contributed by atoms with Crippen LogP contribution in [0.4, 0.5) is 4.79 Å². The van der Waals surface area contributed by atoms with Gasteiger partial charge in [-0.3, -0.25) is 0 Å². The highest BCUT2D eigenvalue weighted by molar-refractivity contribution is 5.85. The van der Waals surface area contributed by atoms with Crippen LogP contribution in [0.25, 0.3) is 0 Å². The van der Waals surface area contributed by atoms with Crippen molar-refractivity contribution in [3.8, 4) is 0 Å². The summed E-state index contributed by atoms with van der Waals surface area (Å²) in [4.78, 5) is 27.7. The van der Waals surface area contributed by atoms with E-state index >= 15 is 0 Å². The lowest BCUT2D eigenvalue weighted by molar-refractivity contribution is -0.146. The highest BCUT2D eigenvalue weighted by atomic mass is 16.5. The third kappa shape index (κ3) is 2.96. The van der Waals surface area contributed by atoms with Crippen molar-refractivity contribution in [2.45, 2.75) is 32.9 Å². The van der Waals surface area contributed by atoms with E-state index in [1.807, 2.05) is 0 Å². The zero-order chi connectivity index (χ0) is 13.9. The normalized spacial score (nSPS) is 11.1. The minimum atomic E-state index is -1.30. The van der Waals surface area contributed by atoms with E-state index in [9.17, 15) is 9.59 Å². The molecule has 2 N–H and O–H groups in total. The molecule has 18 heavy (non-hydrogen) atoms. The van der Waals surface area contributed by atoms with Crippen LogP contribution in [0.1, 0.15) is 25.6 Å². The number of aromatic nitrogens is 2. The Balaban J connectivity index is 2.58. The Kier molecular flexibility index (Phi) is 3.89. The van der Waals surface area contributed by atoms with Crippen LogP contribution in [-0.2, 0) is 11.3 Å². The second kappa shape index (κ2) is 5.03. The molecule has 0 atom stereocenters. The number of hydrogen-bond donors (Lipinski definition) is 2. The van der Waals surface area contributed by atoms with E-state index in [1.54, 1.807) is 6.92 Å². The van der Waals surface area contributed by atoms with Crippen LogP contribution >= 0.6 is 0 Å². The van der Waals surface area contributed by atoms with Crippen LogP contribution in [0, 0.1) is 6.92 Å². The van der Waals surface area contributed by atoms with E-state index in [2.05, 4.69) is 15.5 Å². The van der Waals surface area contributed by atoms with Gasteiger partial charge in [-0.05, 0) is 20.8 Å². The lowest BCUT2D eigenvalue weighted by atomic mass is 10.1. The fourth-order valence-corrected chi connectivity index (χ4v) is 1.08. The van der Waals surface area contributed by atoms with Gasteiger partial charge in [0.05, 0.1) is 6.54 Å². The number of carboxylic acid groups (broad SMARTS) is 1. The molecule has 0 aromatic carbocycles. The van der Waals surface area contributed by atoms with Gasteiger partial charge in [0.2, 0.25) is 5.89 Å². The van der Waals surface area contributed by atoms with E-state index in [4.69, 9.17) is 9.63 Å². The lowest BCUT2D eigenvalue weighted by Gasteiger charge is -2.31. The number of aliphatic carboxylic acids is 1. The first-order chi connectivity index (χ1) is 8.25. The molecule has 8 nitrogen and oxygen atoms in total. The van der Waals surface area contributed by atoms with Crippen LogP contribution in [0.2, 0.25) is 0 Å². The molecule has 1 aromatic rings. The molecule has 0 aliphatic rings. The molecule has 0 radical (unpaired) electrons. The Morgan fingerprint density at radius 2 is 2.11 bits per heavy atom. The van der Waals surface area contributed by atoms with Crippen molar-refractivity contribution >= 4 is 12.0 Å². The Hall–Kier alpha value is -2.12. The molecule has 1 rings (SSSR count). The summed E-state index contributed by atoms with van der Waals surface area (Å²) in [6.07, 6.45) is 0. The van der Waals surface area contributed by atoms with E-state index in [0.29, 0.717) is 5.82 Å². The predicted octanol–water partition coefficient (Wildman–Crippen LogP) is 0.383. The predicted molar refractivity (Wildman–Crippen MR) is 60.7 cm³/mol. The zero-order valence-corrected chi connectivity index (χ0v) is 10.7. The van der Waals surface area contributed by atoms with Crippen molar-refractivity contribution in [3.05, 3.63) is 11.7 Å². The van der Waals surface area contributed by atoms with E-state index < -0.39 is 17.5 Å². The number of urea groups is 1. The third-order valence-electron chi connectivity index (χ3n) is 2.63. The number of aryl methyl sites for hydroxylation is 1. The second-order valence-electron chi connectivity index (χ2n) is 4.32. The number of nitrogens with zero attached hydrogens (tertiary/aromatic N) is 3. The standard InChI is InChI=1S/C10H16N4O4/c1-6-12-7(18-13-6)5-11-9(17)14(4)10(2,3)8(15)16/h5H2,1-4H3,(H,11,17)(H,15,16). The molecule has 2 amide bonds. The fraction of sp³-hybridized carbons (Fsp3) is 0.600. The molecule has 0 aliphatic carbocycles. The monoisotopic (exact) mass is 256 g/mol. The summed E-state index contributed by atoms with van der Waals surface area (Å²) in [6.45, 7) is 4.59. The molecule has 0 aliphatic heterocycles. The summed E-state index contributed by atoms with van der Waals surface area (Å²) in [5.74, 6) is -0.352. The number of rotatable bonds is 4. The number of nitrogens with one attached hydrogen (secondary N) is 1. The highest BCUT2D eigenvalue weighted by Crippen LogP contribution is 2.12. The van der Waals surface area contributed by atoms with Crippen molar-refractivity contribution in [3.63, 3.8) is 0 Å². The molecule has 0 fully saturated rings. The molecule has 0 bridgehead atoms. The van der Waals surface area contributed by atoms with Crippen molar-refractivity contribution in [2.24, 2.45) is 0 Å². The summed E-state index contributed by atoms with van der Waals surface area (Å²) >= 11 is 0. The van der Waals surface area contributed by atoms with Crippen LogP contribution < -0.4 is 5.32 Å². The topological polar surface area (TPSA) is 109 Å². The van der Waals surface area contributed by atoms with Crippen molar-refractivity contribution in [1.29, 1.82) is 0 Å². The smallest absolute Gasteiger partial charge is 0.329 e. The van der Waals surface area contributed by atoms with Gasteiger partial charge in [0.1, 0.15) is 5.54 Å². The van der Waals surface area contributed by atoms with Gasteiger partial charge < -0.3 is 19.8 Å². The molecule has 0 spiro atoms. The first-order valence-corrected chi connectivity index (χ1v) is 5.29. The number of likely N-dealkylation sites (N-methyl/N-ethyl adjacent to an activating group) is 1. The summed E-state index contributed by atoms with van der Waals surface area (Å²) in [6, 6.07) is -0.529. The van der Waals surface area contributed by atoms with Crippen molar-refractivity contribution in [2.75, 3.05) is 7.05 Å². The van der Waals surface area contributed by atoms with Crippen LogP contribution in [0.3, 0.4) is 0 Å². The Labute approximate surface area is 104 Å². The largest absolute Gasteiger partial charge is 0.480 e. The maximum absolute atomic E-state index is 11.7. The first-order valence-electron chi connectivity index (χ1n) is 5.29. The summed E-state index contributed by atoms with van der Waals surface area (Å²) in [5.41, 5.74) is -1.30. The van der Waals surface area contributed by atoms with E-state index in [1.165, 1.54) is 20.9 Å². The van der Waals surface area contributed by atoms with Gasteiger partial charge in [0, 0.05) is 7.05 Å². The molecule has 1 aromatic heterocycles. The number of carboxylic acids is 1. The Morgan fingerprint density at radius 1 is 1.50 bits per heavy atom. The van der Waals surface area contributed by atoms with Gasteiger partial charge in [-0.1, -0.05) is 5.16 Å². The fourth-order valence-electron chi connectivity index (χ4n) is 1.08. The average molecular weight is 256 g/mol. The van der Waals surface area contributed by atoms with Crippen LogP contribution in [0.15, 0.2) is 4.52 Å². The maximum Gasteiger partial charge on any atom is 0.329 e. The Morgan fingerprint density at radius 3 is 2.56 bits per heavy atom. The van der Waals surface area contributed by atoms with Crippen molar-refractivity contribution in [1.82, 2.24) is 20.4 Å². The number of amides is 2. The second-order valence-corrected chi connectivity index (χ2v) is 4.32. The highest BCUT2D eigenvalue weighted by Gasteiger charge is 2.35. The van der Waals surface area contributed by atoms with E-state index in [-0.39, 0.29) is 12.4 Å². The third-order valence-corrected chi connectivity index (χ3v) is 2.63. The quantitative estimate of drug-likeness (QED) is 0.806. The minimum absolute atomic E-state index is 0.0553. The molecule has 0 unspecified atom stereocenters. The maximum atomic E-state index is 11.7. The summed E-state index contributed by atoms with van der Waals surface area (Å²) < 4.78 is 4.82. The SMILES string of the molecule is Cc1noc(CNC(=O)N(C)C(C)(C)C(=O)O)n1. The number of hydrogen-bond acceptors (Lipinski definition) is 5. The van der Waals surface area contributed by atoms with Gasteiger partial charge >= 0.3 is 12.0 Å². The van der Waals surface area contributed by atoms with Crippen molar-refractivity contribution < 1.29 is 19.2 Å². The molecular weight excluding hydrogens is 240 g/mol. The first kappa shape index (κ1) is 13.9. The molecular formula is C10H16N4O4. The van der Waals surface area contributed by atoms with Crippen LogP contribution in [0.5, 0.6) is 0 Å². The van der Waals surface area contributed by atoms with Crippen LogP contribution in [-0.4, -0.2) is 44.7 Å². The lowest BCUT2D eigenvalue weighted by Crippen LogP contribution is -2.53. The average Bonchev–Trinajstić information content (AvgIpc) is 2.70. The van der Waals surface area contributed by atoms with Gasteiger partial charge in [0.15, 0.2) is 5.82 Å². The van der Waals surface area contributed by atoms with Gasteiger partial charge in [-0.15, -0.1) is 0 Å². The van der Waals surface area contributed by atoms with E-state index in [0.717, 1.165) is 4.90 Å². The number of carbonyl (C=O) groups is 2. The zero-order valence-electron chi connectivity index (χ0n) is 10.7. The minimum Gasteiger partial charge on any atom is -0.480 e. The molecule has 100 valence electrons. The Bertz CT molecular complexity index is 454. The van der Waals surface area contributed by atoms with Gasteiger partial charge in [0.25, 0.3) is 0 Å². The summed E-state index contributed by atoms with van der Waals surface area (Å²) in [7, 11) is 1.41. The molecule has 1 heterocycles. The van der Waals surface area contributed by atoms with Gasteiger partial charge in [-0.2, -0.15) is 4.98 Å². The molecule has 8 heteroatoms. The molecule has 0 saturated carbocycles. The summed E-state index contributed by atoms with van der Waals surface area (Å²) in [5, 5.41) is 15.1. The molecule has 0 saturated heterocycles. The van der Waals surface area contributed by atoms with Gasteiger partial charge in [-0.25, -0.2) is 9.59 Å².